The van der Waals surface area contributed by atoms with Crippen molar-refractivity contribution in [2.24, 2.45) is 5.73 Å². The van der Waals surface area contributed by atoms with Crippen LogP contribution in [-0.2, 0) is 13.2 Å². The number of carbonyl (C=O) groups is 1. The van der Waals surface area contributed by atoms with E-state index in [1.165, 1.54) is 18.2 Å². The minimum Gasteiger partial charge on any atom is -0.489 e. The largest absolute Gasteiger partial charge is 0.489 e. The van der Waals surface area contributed by atoms with Crippen molar-refractivity contribution >= 4 is 17.0 Å². The van der Waals surface area contributed by atoms with E-state index in [1.54, 1.807) is 24.3 Å². The summed E-state index contributed by atoms with van der Waals surface area (Å²) < 4.78 is 33.1. The number of thioether (sulfide) groups is 1. The van der Waals surface area contributed by atoms with E-state index in [4.69, 9.17) is 10.5 Å². The molecule has 0 spiro atoms. The maximum absolute atomic E-state index is 14.4. The Kier molecular flexibility index (Phi) is 6.11. The lowest BCUT2D eigenvalue weighted by Gasteiger charge is -2.23. The van der Waals surface area contributed by atoms with Gasteiger partial charge in [0.05, 0.1) is 5.37 Å². The fourth-order valence-corrected chi connectivity index (χ4v) is 3.88. The molecule has 0 radical (unpaired) electrons. The summed E-state index contributed by atoms with van der Waals surface area (Å²) in [5.74, 6) is -0.307. The molecule has 0 bridgehead atoms. The van der Waals surface area contributed by atoms with Gasteiger partial charge in [-0.15, -0.1) is 0 Å². The zero-order chi connectivity index (χ0) is 18.5. The number of hydrogen-bond donors (Lipinski definition) is 1. The average Bonchev–Trinajstić information content (AvgIpc) is 3.01. The summed E-state index contributed by atoms with van der Waals surface area (Å²) in [5.41, 5.74) is 6.47. The Balaban J connectivity index is 1.61. The number of rotatable bonds is 6. The molecule has 1 unspecified atom stereocenters. The Morgan fingerprint density at radius 2 is 2.12 bits per heavy atom. The number of hydrogen-bond acceptors (Lipinski definition) is 4. The zero-order valence-electron chi connectivity index (χ0n) is 14.2. The lowest BCUT2D eigenvalue weighted by Crippen LogP contribution is -2.28. The van der Waals surface area contributed by atoms with Crippen LogP contribution in [0.3, 0.4) is 0 Å². The van der Waals surface area contributed by atoms with Crippen LogP contribution in [0.4, 0.5) is 13.6 Å². The van der Waals surface area contributed by atoms with Crippen molar-refractivity contribution in [3.63, 3.8) is 0 Å². The molecule has 0 aliphatic carbocycles. The first-order chi connectivity index (χ1) is 12.5. The third-order valence-electron chi connectivity index (χ3n) is 4.25. The molecule has 0 aromatic heterocycles. The van der Waals surface area contributed by atoms with Gasteiger partial charge in [-0.25, -0.2) is 8.78 Å². The molecule has 1 aliphatic rings. The van der Waals surface area contributed by atoms with Crippen molar-refractivity contribution in [3.8, 4) is 5.75 Å². The van der Waals surface area contributed by atoms with E-state index in [2.05, 4.69) is 4.90 Å². The average molecular weight is 378 g/mol. The number of amides is 1. The Morgan fingerprint density at radius 1 is 1.27 bits per heavy atom. The van der Waals surface area contributed by atoms with Crippen LogP contribution in [0.5, 0.6) is 5.75 Å². The van der Waals surface area contributed by atoms with Crippen LogP contribution in [0.25, 0.3) is 0 Å². The summed E-state index contributed by atoms with van der Waals surface area (Å²) in [6.07, 6.45) is 1.82. The second kappa shape index (κ2) is 8.51. The lowest BCUT2D eigenvalue weighted by molar-refractivity contribution is 0.265. The van der Waals surface area contributed by atoms with Gasteiger partial charge in [-0.05, 0) is 54.9 Å². The van der Waals surface area contributed by atoms with E-state index in [0.29, 0.717) is 23.4 Å². The smallest absolute Gasteiger partial charge is 0.278 e. The SMILES string of the molecule is NC(=O)SC1CCCN1Cc1ccc(OCc2cccc(F)c2)cc1F. The fraction of sp³-hybridized carbons (Fsp3) is 0.316. The summed E-state index contributed by atoms with van der Waals surface area (Å²) in [7, 11) is 0. The van der Waals surface area contributed by atoms with Gasteiger partial charge in [0.15, 0.2) is 0 Å². The molecule has 2 N–H and O–H groups in total. The van der Waals surface area contributed by atoms with Crippen LogP contribution in [0.15, 0.2) is 42.5 Å². The highest BCUT2D eigenvalue weighted by Crippen LogP contribution is 2.29. The van der Waals surface area contributed by atoms with Gasteiger partial charge in [-0.1, -0.05) is 18.2 Å². The van der Waals surface area contributed by atoms with Gasteiger partial charge in [0.2, 0.25) is 0 Å². The first-order valence-corrected chi connectivity index (χ1v) is 9.25. The molecule has 1 aliphatic heterocycles. The van der Waals surface area contributed by atoms with E-state index in [0.717, 1.165) is 31.1 Å². The third-order valence-corrected chi connectivity index (χ3v) is 5.29. The maximum Gasteiger partial charge on any atom is 0.278 e. The molecule has 1 saturated heterocycles. The Labute approximate surface area is 155 Å². The molecule has 2 aromatic carbocycles. The molecule has 1 heterocycles. The van der Waals surface area contributed by atoms with Crippen LogP contribution < -0.4 is 10.5 Å². The second-order valence-corrected chi connectivity index (χ2v) is 7.36. The summed E-state index contributed by atoms with van der Waals surface area (Å²) >= 11 is 1.09. The Morgan fingerprint density at radius 3 is 2.85 bits per heavy atom. The normalized spacial score (nSPS) is 17.4. The molecular formula is C19H20F2N2O2S. The topological polar surface area (TPSA) is 55.6 Å². The van der Waals surface area contributed by atoms with E-state index in [9.17, 15) is 13.6 Å². The molecule has 1 atom stereocenters. The number of carbonyl (C=O) groups excluding carboxylic acids is 1. The number of primary amides is 1. The van der Waals surface area contributed by atoms with Crippen molar-refractivity contribution in [2.75, 3.05) is 6.54 Å². The predicted octanol–water partition coefficient (Wildman–Crippen LogP) is 4.28. The predicted molar refractivity (Wildman–Crippen MR) is 97.7 cm³/mol. The first-order valence-electron chi connectivity index (χ1n) is 8.37. The lowest BCUT2D eigenvalue weighted by atomic mass is 10.2. The first kappa shape index (κ1) is 18.7. The maximum atomic E-state index is 14.4. The Hall–Kier alpha value is -2.12. The summed E-state index contributed by atoms with van der Waals surface area (Å²) in [4.78, 5) is 13.2. The molecule has 0 saturated carbocycles. The summed E-state index contributed by atoms with van der Waals surface area (Å²) in [5, 5.41) is -0.417. The Bertz CT molecular complexity index is 788. The minimum absolute atomic E-state index is 0.00389. The van der Waals surface area contributed by atoms with Crippen molar-refractivity contribution in [1.82, 2.24) is 4.90 Å². The molecular weight excluding hydrogens is 358 g/mol. The van der Waals surface area contributed by atoms with E-state index < -0.39 is 5.24 Å². The highest BCUT2D eigenvalue weighted by molar-refractivity contribution is 8.14. The van der Waals surface area contributed by atoms with Gasteiger partial charge in [-0.2, -0.15) is 0 Å². The van der Waals surface area contributed by atoms with E-state index >= 15 is 0 Å². The zero-order valence-corrected chi connectivity index (χ0v) is 15.0. The van der Waals surface area contributed by atoms with Crippen molar-refractivity contribution in [1.29, 1.82) is 0 Å². The van der Waals surface area contributed by atoms with Crippen LogP contribution in [0.2, 0.25) is 0 Å². The number of benzene rings is 2. The molecule has 138 valence electrons. The van der Waals surface area contributed by atoms with Crippen LogP contribution in [-0.4, -0.2) is 22.1 Å². The quantitative estimate of drug-likeness (QED) is 0.815. The van der Waals surface area contributed by atoms with E-state index in [-0.39, 0.29) is 23.6 Å². The monoisotopic (exact) mass is 378 g/mol. The third kappa shape index (κ3) is 4.95. The van der Waals surface area contributed by atoms with E-state index in [1.807, 2.05) is 0 Å². The van der Waals surface area contributed by atoms with Gasteiger partial charge in [-0.3, -0.25) is 9.69 Å². The van der Waals surface area contributed by atoms with Gasteiger partial charge in [0, 0.05) is 18.2 Å². The number of nitrogens with two attached hydrogens (primary N) is 1. The highest BCUT2D eigenvalue weighted by Gasteiger charge is 2.27. The van der Waals surface area contributed by atoms with Gasteiger partial charge >= 0.3 is 0 Å². The molecule has 26 heavy (non-hydrogen) atoms. The highest BCUT2D eigenvalue weighted by atomic mass is 32.2. The van der Waals surface area contributed by atoms with Gasteiger partial charge < -0.3 is 10.5 Å². The molecule has 1 amide bonds. The van der Waals surface area contributed by atoms with Crippen molar-refractivity contribution in [2.45, 2.75) is 31.4 Å². The van der Waals surface area contributed by atoms with Crippen molar-refractivity contribution < 1.29 is 18.3 Å². The number of nitrogens with zero attached hydrogens (tertiary/aromatic N) is 1. The van der Waals surface area contributed by atoms with Crippen LogP contribution >= 0.6 is 11.8 Å². The van der Waals surface area contributed by atoms with Crippen LogP contribution in [0, 0.1) is 11.6 Å². The van der Waals surface area contributed by atoms with Gasteiger partial charge in [0.1, 0.15) is 24.0 Å². The minimum atomic E-state index is -0.413. The summed E-state index contributed by atoms with van der Waals surface area (Å²) in [6.45, 7) is 1.39. The van der Waals surface area contributed by atoms with Gasteiger partial charge in [0.25, 0.3) is 5.24 Å². The molecule has 7 heteroatoms. The molecule has 4 nitrogen and oxygen atoms in total. The number of halogens is 2. The number of likely N-dealkylation sites (tertiary alicyclic amines) is 1. The second-order valence-electron chi connectivity index (χ2n) is 6.18. The van der Waals surface area contributed by atoms with Crippen molar-refractivity contribution in [3.05, 3.63) is 65.2 Å². The molecule has 3 rings (SSSR count). The standard InChI is InChI=1S/C19H20F2N2O2S/c20-15-4-1-3-13(9-15)12-25-16-7-6-14(17(21)10-16)11-23-8-2-5-18(23)26-19(22)24/h1,3-4,6-7,9-10,18H,2,5,8,11-12H2,(H2,22,24). The summed E-state index contributed by atoms with van der Waals surface area (Å²) in [6, 6.07) is 10.8. The fourth-order valence-electron chi connectivity index (χ4n) is 3.00. The van der Waals surface area contributed by atoms with Crippen LogP contribution in [0.1, 0.15) is 24.0 Å². The number of ether oxygens (including phenoxy) is 1. The molecule has 1 fully saturated rings. The molecule has 2 aromatic rings.